The fourth-order valence-corrected chi connectivity index (χ4v) is 4.55. The van der Waals surface area contributed by atoms with Crippen LogP contribution >= 0.6 is 0 Å². The lowest BCUT2D eigenvalue weighted by molar-refractivity contribution is 0.0748. The molecule has 0 saturated carbocycles. The number of hydrogen-bond donors (Lipinski definition) is 1. The number of hydrogen-bond acceptors (Lipinski definition) is 6. The van der Waals surface area contributed by atoms with Gasteiger partial charge in [-0.05, 0) is 29.7 Å². The summed E-state index contributed by atoms with van der Waals surface area (Å²) in [6.45, 7) is 2.74. The fourth-order valence-electron chi connectivity index (χ4n) is 4.55. The molecule has 1 saturated heterocycles. The number of nitrogens with zero attached hydrogens (tertiary/aromatic N) is 3. The van der Waals surface area contributed by atoms with Gasteiger partial charge < -0.3 is 24.6 Å². The lowest BCUT2D eigenvalue weighted by atomic mass is 10.1. The Hall–Kier alpha value is -4.26. The summed E-state index contributed by atoms with van der Waals surface area (Å²) in [4.78, 5) is 22.4. The largest absolute Gasteiger partial charge is 0.495 e. The summed E-state index contributed by atoms with van der Waals surface area (Å²) in [6, 6.07) is 23.6. The van der Waals surface area contributed by atoms with Crippen molar-refractivity contribution < 1.29 is 14.3 Å². The van der Waals surface area contributed by atoms with E-state index in [2.05, 4.69) is 21.3 Å². The van der Waals surface area contributed by atoms with E-state index >= 15 is 0 Å². The zero-order valence-corrected chi connectivity index (χ0v) is 19.9. The average molecular weight is 469 g/mol. The molecule has 1 N–H and O–H groups in total. The number of piperazine rings is 1. The van der Waals surface area contributed by atoms with E-state index in [-0.39, 0.29) is 5.91 Å². The van der Waals surface area contributed by atoms with Crippen LogP contribution in [0, 0.1) is 0 Å². The van der Waals surface area contributed by atoms with Crippen LogP contribution < -0.4 is 19.7 Å². The molecule has 0 aliphatic carbocycles. The van der Waals surface area contributed by atoms with Gasteiger partial charge in [0, 0.05) is 37.8 Å². The summed E-state index contributed by atoms with van der Waals surface area (Å²) in [5.41, 5.74) is 2.48. The summed E-state index contributed by atoms with van der Waals surface area (Å²) >= 11 is 0. The van der Waals surface area contributed by atoms with Crippen molar-refractivity contribution in [1.29, 1.82) is 0 Å². The number of rotatable bonds is 6. The second-order valence-corrected chi connectivity index (χ2v) is 8.34. The van der Waals surface area contributed by atoms with Crippen LogP contribution in [0.3, 0.4) is 0 Å². The fraction of sp³-hybridized carbons (Fsp3) is 0.214. The lowest BCUT2D eigenvalue weighted by Gasteiger charge is -2.36. The zero-order valence-electron chi connectivity index (χ0n) is 19.9. The Morgan fingerprint density at radius 3 is 2.17 bits per heavy atom. The molecule has 0 unspecified atom stereocenters. The summed E-state index contributed by atoms with van der Waals surface area (Å²) in [7, 11) is 3.32. The Morgan fingerprint density at radius 2 is 1.43 bits per heavy atom. The van der Waals surface area contributed by atoms with Gasteiger partial charge in [-0.3, -0.25) is 4.79 Å². The molecule has 1 amide bonds. The number of pyridine rings is 1. The molecule has 0 radical (unpaired) electrons. The van der Waals surface area contributed by atoms with Crippen LogP contribution in [0.25, 0.3) is 10.8 Å². The van der Waals surface area contributed by atoms with E-state index < -0.39 is 0 Å². The van der Waals surface area contributed by atoms with Crippen molar-refractivity contribution in [3.05, 3.63) is 84.6 Å². The minimum atomic E-state index is -0.00258. The highest BCUT2D eigenvalue weighted by atomic mass is 16.5. The maximum absolute atomic E-state index is 13.6. The van der Waals surface area contributed by atoms with E-state index in [0.29, 0.717) is 24.5 Å². The molecule has 5 rings (SSSR count). The molecular formula is C28H28N4O3. The SMILES string of the molecule is COc1ccccc1Nc1ncc(C(=O)N2CCN(c3ccccc3OC)CC2)c2ccccc12. The monoisotopic (exact) mass is 468 g/mol. The molecule has 7 nitrogen and oxygen atoms in total. The molecule has 1 aromatic heterocycles. The van der Waals surface area contributed by atoms with Gasteiger partial charge in [-0.1, -0.05) is 48.5 Å². The molecule has 178 valence electrons. The van der Waals surface area contributed by atoms with Gasteiger partial charge in [0.15, 0.2) is 0 Å². The standard InChI is InChI=1S/C28H28N4O3/c1-34-25-13-7-5-11-23(25)30-27-21-10-4-3-9-20(21)22(19-29-27)28(33)32-17-15-31(16-18-32)24-12-6-8-14-26(24)35-2/h3-14,19H,15-18H2,1-2H3,(H,29,30). The lowest BCUT2D eigenvalue weighted by Crippen LogP contribution is -2.49. The van der Waals surface area contributed by atoms with Gasteiger partial charge in [0.25, 0.3) is 5.91 Å². The Balaban J connectivity index is 1.38. The third-order valence-corrected chi connectivity index (χ3v) is 6.38. The smallest absolute Gasteiger partial charge is 0.256 e. The van der Waals surface area contributed by atoms with Gasteiger partial charge in [0.2, 0.25) is 0 Å². The van der Waals surface area contributed by atoms with Crippen molar-refractivity contribution in [2.75, 3.05) is 50.6 Å². The van der Waals surface area contributed by atoms with Crippen LogP contribution in [0.2, 0.25) is 0 Å². The minimum Gasteiger partial charge on any atom is -0.495 e. The van der Waals surface area contributed by atoms with Crippen LogP contribution in [-0.2, 0) is 0 Å². The van der Waals surface area contributed by atoms with E-state index in [0.717, 1.165) is 46.7 Å². The third-order valence-electron chi connectivity index (χ3n) is 6.38. The highest BCUT2D eigenvalue weighted by Gasteiger charge is 2.25. The molecule has 2 heterocycles. The second kappa shape index (κ2) is 9.93. The third kappa shape index (κ3) is 4.45. The van der Waals surface area contributed by atoms with Crippen molar-refractivity contribution in [1.82, 2.24) is 9.88 Å². The maximum Gasteiger partial charge on any atom is 0.256 e. The van der Waals surface area contributed by atoms with E-state index in [1.165, 1.54) is 0 Å². The Kier molecular flexibility index (Phi) is 6.39. The first-order chi connectivity index (χ1) is 17.2. The molecule has 7 heteroatoms. The quantitative estimate of drug-likeness (QED) is 0.432. The van der Waals surface area contributed by atoms with Gasteiger partial charge in [-0.25, -0.2) is 4.98 Å². The maximum atomic E-state index is 13.6. The van der Waals surface area contributed by atoms with Gasteiger partial charge in [0.05, 0.1) is 31.2 Å². The second-order valence-electron chi connectivity index (χ2n) is 8.34. The topological polar surface area (TPSA) is 66.9 Å². The van der Waals surface area contributed by atoms with E-state index in [1.54, 1.807) is 20.4 Å². The highest BCUT2D eigenvalue weighted by Crippen LogP contribution is 2.32. The van der Waals surface area contributed by atoms with Crippen LogP contribution in [0.1, 0.15) is 10.4 Å². The van der Waals surface area contributed by atoms with Gasteiger partial charge >= 0.3 is 0 Å². The Morgan fingerprint density at radius 1 is 0.800 bits per heavy atom. The summed E-state index contributed by atoms with van der Waals surface area (Å²) in [5, 5.41) is 5.13. The Labute approximate surface area is 204 Å². The number of aromatic nitrogens is 1. The van der Waals surface area contributed by atoms with Crippen molar-refractivity contribution >= 4 is 33.9 Å². The predicted molar refractivity (Wildman–Crippen MR) is 139 cm³/mol. The molecular weight excluding hydrogens is 440 g/mol. The molecule has 1 aliphatic rings. The van der Waals surface area contributed by atoms with E-state index in [4.69, 9.17) is 9.47 Å². The number of ether oxygens (including phenoxy) is 2. The predicted octanol–water partition coefficient (Wildman–Crippen LogP) is 4.96. The number of amides is 1. The van der Waals surface area contributed by atoms with E-state index in [1.807, 2.05) is 71.6 Å². The van der Waals surface area contributed by atoms with Crippen LogP contribution in [0.15, 0.2) is 79.0 Å². The number of nitrogens with one attached hydrogen (secondary N) is 1. The van der Waals surface area contributed by atoms with Gasteiger partial charge in [0.1, 0.15) is 17.3 Å². The number of para-hydroxylation sites is 4. The van der Waals surface area contributed by atoms with E-state index in [9.17, 15) is 4.79 Å². The van der Waals surface area contributed by atoms with Crippen molar-refractivity contribution in [3.63, 3.8) is 0 Å². The minimum absolute atomic E-state index is 0.00258. The summed E-state index contributed by atoms with van der Waals surface area (Å²) in [6.07, 6.45) is 1.68. The number of carbonyl (C=O) groups excluding carboxylic acids is 1. The zero-order chi connectivity index (χ0) is 24.2. The molecule has 1 fully saturated rings. The number of fused-ring (bicyclic) bond motifs is 1. The molecule has 1 aliphatic heterocycles. The van der Waals surface area contributed by atoms with Crippen LogP contribution in [0.5, 0.6) is 11.5 Å². The highest BCUT2D eigenvalue weighted by molar-refractivity contribution is 6.09. The van der Waals surface area contributed by atoms with Crippen molar-refractivity contribution in [2.45, 2.75) is 0 Å². The van der Waals surface area contributed by atoms with Gasteiger partial charge in [-0.2, -0.15) is 0 Å². The molecule has 3 aromatic carbocycles. The number of anilines is 3. The first-order valence-electron chi connectivity index (χ1n) is 11.6. The number of benzene rings is 3. The Bertz CT molecular complexity index is 1350. The number of methoxy groups -OCH3 is 2. The molecule has 4 aromatic rings. The first-order valence-corrected chi connectivity index (χ1v) is 11.6. The summed E-state index contributed by atoms with van der Waals surface area (Å²) in [5.74, 6) is 2.26. The first kappa shape index (κ1) is 22.5. The molecule has 0 spiro atoms. The van der Waals surface area contributed by atoms with Crippen molar-refractivity contribution in [2.24, 2.45) is 0 Å². The summed E-state index contributed by atoms with van der Waals surface area (Å²) < 4.78 is 11.0. The average Bonchev–Trinajstić information content (AvgIpc) is 2.93. The number of carbonyl (C=O) groups is 1. The van der Waals surface area contributed by atoms with Gasteiger partial charge in [-0.15, -0.1) is 0 Å². The van der Waals surface area contributed by atoms with Crippen LogP contribution in [-0.4, -0.2) is 56.2 Å². The molecule has 0 bridgehead atoms. The van der Waals surface area contributed by atoms with Crippen LogP contribution in [0.4, 0.5) is 17.2 Å². The molecule has 0 atom stereocenters. The normalized spacial score (nSPS) is 13.5. The molecule has 35 heavy (non-hydrogen) atoms. The van der Waals surface area contributed by atoms with Crippen molar-refractivity contribution in [3.8, 4) is 11.5 Å².